The van der Waals surface area contributed by atoms with Gasteiger partial charge in [-0.05, 0) is 43.7 Å². The van der Waals surface area contributed by atoms with Gasteiger partial charge >= 0.3 is 0 Å². The molecule has 0 aromatic heterocycles. The molecule has 0 aliphatic heterocycles. The number of anilines is 1. The molecule has 3 nitrogen and oxygen atoms in total. The molecule has 0 spiro atoms. The minimum atomic E-state index is -0.413. The number of rotatable bonds is 4. The van der Waals surface area contributed by atoms with Crippen LogP contribution in [0.2, 0.25) is 0 Å². The Balaban J connectivity index is 2.27. The number of benzene rings is 2. The molecule has 21 heavy (non-hydrogen) atoms. The normalized spacial score (nSPS) is 10.7. The van der Waals surface area contributed by atoms with Crippen LogP contribution in [-0.4, -0.2) is 16.8 Å². The van der Waals surface area contributed by atoms with Gasteiger partial charge in [0.1, 0.15) is 5.82 Å². The molecule has 110 valence electrons. The summed E-state index contributed by atoms with van der Waals surface area (Å²) in [5.41, 5.74) is 7.81. The van der Waals surface area contributed by atoms with E-state index in [1.165, 1.54) is 18.2 Å². The number of carbonyl (C=O) groups is 1. The van der Waals surface area contributed by atoms with E-state index in [1.54, 1.807) is 17.0 Å². The van der Waals surface area contributed by atoms with E-state index < -0.39 is 5.82 Å². The highest BCUT2D eigenvalue weighted by molar-refractivity contribution is 5.94. The van der Waals surface area contributed by atoms with E-state index in [9.17, 15) is 9.18 Å². The van der Waals surface area contributed by atoms with Crippen LogP contribution in [0.3, 0.4) is 0 Å². The lowest BCUT2D eigenvalue weighted by Crippen LogP contribution is -2.36. The first kappa shape index (κ1) is 15.0. The topological polar surface area (TPSA) is 46.3 Å². The SMILES string of the molecule is CC(C)N(Cc1ccccc1N)C(=O)c1cccc(F)c1. The maximum absolute atomic E-state index is 13.3. The fourth-order valence-corrected chi connectivity index (χ4v) is 2.14. The average molecular weight is 286 g/mol. The first-order valence-corrected chi connectivity index (χ1v) is 6.89. The molecule has 0 fully saturated rings. The summed E-state index contributed by atoms with van der Waals surface area (Å²) in [7, 11) is 0. The van der Waals surface area contributed by atoms with Gasteiger partial charge in [-0.15, -0.1) is 0 Å². The maximum Gasteiger partial charge on any atom is 0.254 e. The van der Waals surface area contributed by atoms with E-state index in [0.29, 0.717) is 17.8 Å². The molecule has 0 radical (unpaired) electrons. The number of carbonyl (C=O) groups excluding carboxylic acids is 1. The van der Waals surface area contributed by atoms with Crippen LogP contribution in [0, 0.1) is 5.82 Å². The molecule has 2 rings (SSSR count). The minimum absolute atomic E-state index is 0.0135. The molecule has 0 bridgehead atoms. The van der Waals surface area contributed by atoms with Crippen LogP contribution in [0.25, 0.3) is 0 Å². The van der Waals surface area contributed by atoms with Gasteiger partial charge in [0.2, 0.25) is 0 Å². The van der Waals surface area contributed by atoms with Gasteiger partial charge in [-0.25, -0.2) is 4.39 Å². The number of halogens is 1. The lowest BCUT2D eigenvalue weighted by Gasteiger charge is -2.27. The molecule has 2 aromatic carbocycles. The van der Waals surface area contributed by atoms with Gasteiger partial charge in [-0.2, -0.15) is 0 Å². The Morgan fingerprint density at radius 3 is 2.52 bits per heavy atom. The van der Waals surface area contributed by atoms with E-state index in [1.807, 2.05) is 32.0 Å². The summed E-state index contributed by atoms with van der Waals surface area (Å²) in [5.74, 6) is -0.614. The van der Waals surface area contributed by atoms with Crippen LogP contribution in [0.15, 0.2) is 48.5 Å². The Kier molecular flexibility index (Phi) is 4.58. The second-order valence-electron chi connectivity index (χ2n) is 5.24. The van der Waals surface area contributed by atoms with Gasteiger partial charge in [0.15, 0.2) is 0 Å². The van der Waals surface area contributed by atoms with Gasteiger partial charge < -0.3 is 10.6 Å². The molecule has 0 atom stereocenters. The lowest BCUT2D eigenvalue weighted by molar-refractivity contribution is 0.0690. The number of para-hydroxylation sites is 1. The first-order chi connectivity index (χ1) is 9.99. The minimum Gasteiger partial charge on any atom is -0.398 e. The van der Waals surface area contributed by atoms with Crippen LogP contribution in [-0.2, 0) is 6.54 Å². The van der Waals surface area contributed by atoms with Gasteiger partial charge in [-0.3, -0.25) is 4.79 Å². The Morgan fingerprint density at radius 1 is 1.19 bits per heavy atom. The molecule has 0 aliphatic rings. The molecular weight excluding hydrogens is 267 g/mol. The summed E-state index contributed by atoms with van der Waals surface area (Å²) in [6.45, 7) is 4.26. The van der Waals surface area contributed by atoms with Crippen LogP contribution in [0.1, 0.15) is 29.8 Å². The van der Waals surface area contributed by atoms with Crippen LogP contribution in [0.4, 0.5) is 10.1 Å². The average Bonchev–Trinajstić information content (AvgIpc) is 2.45. The quantitative estimate of drug-likeness (QED) is 0.875. The monoisotopic (exact) mass is 286 g/mol. The largest absolute Gasteiger partial charge is 0.398 e. The van der Waals surface area contributed by atoms with E-state index in [2.05, 4.69) is 0 Å². The van der Waals surface area contributed by atoms with Crippen molar-refractivity contribution in [3.63, 3.8) is 0 Å². The number of nitrogens with zero attached hydrogens (tertiary/aromatic N) is 1. The maximum atomic E-state index is 13.3. The van der Waals surface area contributed by atoms with Gasteiger partial charge in [0.05, 0.1) is 0 Å². The van der Waals surface area contributed by atoms with Crippen molar-refractivity contribution in [2.75, 3.05) is 5.73 Å². The fraction of sp³-hybridized carbons (Fsp3) is 0.235. The summed E-state index contributed by atoms with van der Waals surface area (Å²) in [4.78, 5) is 14.3. The summed E-state index contributed by atoms with van der Waals surface area (Å²) in [5, 5.41) is 0. The summed E-state index contributed by atoms with van der Waals surface area (Å²) < 4.78 is 13.3. The molecule has 0 saturated heterocycles. The molecule has 2 aromatic rings. The lowest BCUT2D eigenvalue weighted by atomic mass is 10.1. The van der Waals surface area contributed by atoms with Crippen LogP contribution < -0.4 is 5.73 Å². The van der Waals surface area contributed by atoms with E-state index in [0.717, 1.165) is 5.56 Å². The molecular formula is C17H19FN2O. The zero-order chi connectivity index (χ0) is 15.4. The highest BCUT2D eigenvalue weighted by atomic mass is 19.1. The summed E-state index contributed by atoms with van der Waals surface area (Å²) in [6.07, 6.45) is 0. The molecule has 2 N–H and O–H groups in total. The van der Waals surface area contributed by atoms with E-state index in [4.69, 9.17) is 5.73 Å². The van der Waals surface area contributed by atoms with Crippen molar-refractivity contribution in [1.82, 2.24) is 4.90 Å². The zero-order valence-electron chi connectivity index (χ0n) is 12.2. The van der Waals surface area contributed by atoms with Gasteiger partial charge in [0, 0.05) is 23.8 Å². The Morgan fingerprint density at radius 2 is 1.90 bits per heavy atom. The van der Waals surface area contributed by atoms with Crippen LogP contribution >= 0.6 is 0 Å². The molecule has 0 unspecified atom stereocenters. The van der Waals surface area contributed by atoms with E-state index >= 15 is 0 Å². The summed E-state index contributed by atoms with van der Waals surface area (Å²) >= 11 is 0. The summed E-state index contributed by atoms with van der Waals surface area (Å²) in [6, 6.07) is 13.2. The van der Waals surface area contributed by atoms with Crippen molar-refractivity contribution in [1.29, 1.82) is 0 Å². The highest BCUT2D eigenvalue weighted by Crippen LogP contribution is 2.18. The Labute approximate surface area is 124 Å². The third-order valence-corrected chi connectivity index (χ3v) is 3.35. The second-order valence-corrected chi connectivity index (χ2v) is 5.24. The number of nitrogens with two attached hydrogens (primary N) is 1. The van der Waals surface area contributed by atoms with Gasteiger partial charge in [-0.1, -0.05) is 24.3 Å². The zero-order valence-corrected chi connectivity index (χ0v) is 12.2. The third-order valence-electron chi connectivity index (χ3n) is 3.35. The van der Waals surface area contributed by atoms with E-state index in [-0.39, 0.29) is 11.9 Å². The molecule has 0 heterocycles. The molecule has 0 aliphatic carbocycles. The number of hydrogen-bond acceptors (Lipinski definition) is 2. The molecule has 0 saturated carbocycles. The van der Waals surface area contributed by atoms with Crippen molar-refractivity contribution in [3.8, 4) is 0 Å². The van der Waals surface area contributed by atoms with Gasteiger partial charge in [0.25, 0.3) is 5.91 Å². The highest BCUT2D eigenvalue weighted by Gasteiger charge is 2.20. The fourth-order valence-electron chi connectivity index (χ4n) is 2.14. The van der Waals surface area contributed by atoms with Crippen molar-refractivity contribution in [2.24, 2.45) is 0 Å². The van der Waals surface area contributed by atoms with Crippen molar-refractivity contribution < 1.29 is 9.18 Å². The first-order valence-electron chi connectivity index (χ1n) is 6.89. The second kappa shape index (κ2) is 6.39. The Hall–Kier alpha value is -2.36. The Bertz CT molecular complexity index is 640. The number of hydrogen-bond donors (Lipinski definition) is 1. The third kappa shape index (κ3) is 3.60. The smallest absolute Gasteiger partial charge is 0.254 e. The van der Waals surface area contributed by atoms with Crippen molar-refractivity contribution in [2.45, 2.75) is 26.4 Å². The number of amides is 1. The predicted octanol–water partition coefficient (Wildman–Crippen LogP) is 3.46. The predicted molar refractivity (Wildman–Crippen MR) is 82.3 cm³/mol. The molecule has 4 heteroatoms. The van der Waals surface area contributed by atoms with Crippen molar-refractivity contribution >= 4 is 11.6 Å². The van der Waals surface area contributed by atoms with Crippen molar-refractivity contribution in [3.05, 3.63) is 65.5 Å². The number of nitrogen functional groups attached to an aromatic ring is 1. The van der Waals surface area contributed by atoms with Crippen LogP contribution in [0.5, 0.6) is 0 Å². The standard InChI is InChI=1S/C17H19FN2O/c1-12(2)20(11-14-6-3-4-9-16(14)19)17(21)13-7-5-8-15(18)10-13/h3-10,12H,11,19H2,1-2H3. The molecule has 1 amide bonds.